The largest absolute Gasteiger partial charge is 0.294 e. The van der Waals surface area contributed by atoms with E-state index < -0.39 is 0 Å². The fourth-order valence-electron chi connectivity index (χ4n) is 1.94. The van der Waals surface area contributed by atoms with Gasteiger partial charge in [-0.1, -0.05) is 19.9 Å². The smallest absolute Gasteiger partial charge is 0.168 e. The third kappa shape index (κ3) is 3.53. The Morgan fingerprint density at radius 1 is 1.41 bits per heavy atom. The molecule has 1 saturated carbocycles. The van der Waals surface area contributed by atoms with Crippen molar-refractivity contribution >= 4 is 11.6 Å². The van der Waals surface area contributed by atoms with Crippen LogP contribution in [0.4, 0.5) is 0 Å². The van der Waals surface area contributed by atoms with Crippen LogP contribution in [-0.4, -0.2) is 18.2 Å². The van der Waals surface area contributed by atoms with E-state index in [1.165, 1.54) is 0 Å². The lowest BCUT2D eigenvalue weighted by molar-refractivity contribution is -0.127. The summed E-state index contributed by atoms with van der Waals surface area (Å²) in [4.78, 5) is 28.8. The van der Waals surface area contributed by atoms with Crippen LogP contribution in [0.1, 0.15) is 33.6 Å². The van der Waals surface area contributed by atoms with Crippen molar-refractivity contribution in [2.24, 2.45) is 5.41 Å². The first-order valence-corrected chi connectivity index (χ1v) is 5.63. The summed E-state index contributed by atoms with van der Waals surface area (Å²) in [7, 11) is 0. The normalized spacial score (nSPS) is 19.1. The zero-order valence-electron chi connectivity index (χ0n) is 10.6. The molecule has 1 fully saturated rings. The van der Waals surface area contributed by atoms with Crippen LogP contribution in [0.25, 0.3) is 0 Å². The molecule has 0 saturated heterocycles. The minimum atomic E-state index is -0.236. The number of carbonyl (C=O) groups is 2. The molecule has 0 unspecified atom stereocenters. The van der Waals surface area contributed by atoms with Crippen molar-refractivity contribution in [1.82, 2.24) is 5.48 Å². The van der Waals surface area contributed by atoms with Gasteiger partial charge < -0.3 is 0 Å². The average molecular weight is 237 g/mol. The second-order valence-corrected chi connectivity index (χ2v) is 5.07. The highest BCUT2D eigenvalue weighted by atomic mass is 16.6. The number of hydrogen-bond acceptors (Lipinski definition) is 4. The van der Waals surface area contributed by atoms with E-state index in [1.54, 1.807) is 13.0 Å². The molecule has 4 nitrogen and oxygen atoms in total. The Morgan fingerprint density at radius 2 is 1.94 bits per heavy atom. The van der Waals surface area contributed by atoms with Crippen LogP contribution in [0, 0.1) is 5.41 Å². The number of hydroxylamine groups is 1. The minimum Gasteiger partial charge on any atom is -0.294 e. The van der Waals surface area contributed by atoms with Crippen molar-refractivity contribution in [1.29, 1.82) is 0 Å². The van der Waals surface area contributed by atoms with Crippen molar-refractivity contribution in [2.75, 3.05) is 6.61 Å². The quantitative estimate of drug-likeness (QED) is 0.267. The molecule has 4 heteroatoms. The van der Waals surface area contributed by atoms with Gasteiger partial charge in [-0.3, -0.25) is 19.9 Å². The standard InChI is InChI=1S/C13H19NO3/c1-5-6-17-14-9(2)12-10(15)7-13(3,4)8-11(12)16/h5,14H,1,6-8H2,2-4H3. The van der Waals surface area contributed by atoms with Gasteiger partial charge in [0.2, 0.25) is 0 Å². The zero-order valence-corrected chi connectivity index (χ0v) is 10.6. The Hall–Kier alpha value is -1.42. The first kappa shape index (κ1) is 13.6. The fraction of sp³-hybridized carbons (Fsp3) is 0.538. The van der Waals surface area contributed by atoms with E-state index in [-0.39, 0.29) is 22.6 Å². The fourth-order valence-corrected chi connectivity index (χ4v) is 1.94. The molecule has 0 spiro atoms. The first-order chi connectivity index (χ1) is 7.87. The lowest BCUT2D eigenvalue weighted by Gasteiger charge is -2.29. The Morgan fingerprint density at radius 3 is 2.41 bits per heavy atom. The van der Waals surface area contributed by atoms with E-state index in [1.807, 2.05) is 13.8 Å². The summed E-state index contributed by atoms with van der Waals surface area (Å²) in [6, 6.07) is 0. The number of allylic oxidation sites excluding steroid dienone is 2. The Labute approximate surface area is 102 Å². The van der Waals surface area contributed by atoms with Crippen LogP contribution in [0.5, 0.6) is 0 Å². The van der Waals surface area contributed by atoms with Crippen LogP contribution in [0.2, 0.25) is 0 Å². The summed E-state index contributed by atoms with van der Waals surface area (Å²) >= 11 is 0. The van der Waals surface area contributed by atoms with Gasteiger partial charge >= 0.3 is 0 Å². The molecule has 1 aliphatic carbocycles. The third-order valence-corrected chi connectivity index (χ3v) is 2.64. The van der Waals surface area contributed by atoms with Crippen LogP contribution in [-0.2, 0) is 14.4 Å². The molecule has 1 aliphatic rings. The summed E-state index contributed by atoms with van der Waals surface area (Å²) in [6.07, 6.45) is 2.38. The van der Waals surface area contributed by atoms with E-state index in [9.17, 15) is 9.59 Å². The molecular formula is C13H19NO3. The lowest BCUT2D eigenvalue weighted by atomic mass is 9.74. The van der Waals surface area contributed by atoms with Gasteiger partial charge in [0.25, 0.3) is 0 Å². The first-order valence-electron chi connectivity index (χ1n) is 5.63. The van der Waals surface area contributed by atoms with Gasteiger partial charge in [0.1, 0.15) is 0 Å². The number of Topliss-reactive ketones (excluding diaryl/α,β-unsaturated/α-hetero) is 2. The van der Waals surface area contributed by atoms with Crippen molar-refractivity contribution < 1.29 is 14.4 Å². The van der Waals surface area contributed by atoms with E-state index in [0.29, 0.717) is 25.1 Å². The third-order valence-electron chi connectivity index (χ3n) is 2.64. The molecule has 0 aromatic carbocycles. The molecule has 1 rings (SSSR count). The molecule has 0 aliphatic heterocycles. The highest BCUT2D eigenvalue weighted by Crippen LogP contribution is 2.34. The maximum absolute atomic E-state index is 11.9. The highest BCUT2D eigenvalue weighted by Gasteiger charge is 2.36. The zero-order chi connectivity index (χ0) is 13.1. The number of nitrogens with one attached hydrogen (secondary N) is 1. The van der Waals surface area contributed by atoms with Crippen molar-refractivity contribution in [3.05, 3.63) is 23.9 Å². The molecule has 0 heterocycles. The van der Waals surface area contributed by atoms with Crippen LogP contribution < -0.4 is 5.48 Å². The Kier molecular flexibility index (Phi) is 4.23. The molecule has 17 heavy (non-hydrogen) atoms. The van der Waals surface area contributed by atoms with Gasteiger partial charge in [-0.05, 0) is 12.3 Å². The molecule has 0 aromatic rings. The van der Waals surface area contributed by atoms with Gasteiger partial charge in [-0.15, -0.1) is 6.58 Å². The van der Waals surface area contributed by atoms with E-state index in [0.717, 1.165) is 0 Å². The van der Waals surface area contributed by atoms with Crippen molar-refractivity contribution in [3.63, 3.8) is 0 Å². The Bertz CT molecular complexity index is 358. The van der Waals surface area contributed by atoms with Crippen molar-refractivity contribution in [3.8, 4) is 0 Å². The monoisotopic (exact) mass is 237 g/mol. The van der Waals surface area contributed by atoms with Gasteiger partial charge in [-0.2, -0.15) is 0 Å². The predicted molar refractivity (Wildman–Crippen MR) is 65.0 cm³/mol. The molecule has 0 aromatic heterocycles. The predicted octanol–water partition coefficient (Wildman–Crippen LogP) is 1.93. The van der Waals surface area contributed by atoms with E-state index in [4.69, 9.17) is 4.84 Å². The number of carbonyl (C=O) groups excluding carboxylic acids is 2. The molecular weight excluding hydrogens is 218 g/mol. The molecule has 0 bridgehead atoms. The Balaban J connectivity index is 2.82. The summed E-state index contributed by atoms with van der Waals surface area (Å²) in [5.41, 5.74) is 3.10. The van der Waals surface area contributed by atoms with Gasteiger partial charge in [0, 0.05) is 18.5 Å². The van der Waals surface area contributed by atoms with Gasteiger partial charge in [0.05, 0.1) is 12.2 Å². The number of ketones is 2. The molecule has 0 atom stereocenters. The summed E-state index contributed by atoms with van der Waals surface area (Å²) in [6.45, 7) is 9.35. The highest BCUT2D eigenvalue weighted by molar-refractivity contribution is 6.22. The van der Waals surface area contributed by atoms with Crippen LogP contribution >= 0.6 is 0 Å². The van der Waals surface area contributed by atoms with Gasteiger partial charge in [0.15, 0.2) is 11.6 Å². The molecule has 1 N–H and O–H groups in total. The summed E-state index contributed by atoms with van der Waals surface area (Å²) in [5.74, 6) is -0.225. The maximum atomic E-state index is 11.9. The number of rotatable bonds is 4. The summed E-state index contributed by atoms with van der Waals surface area (Å²) < 4.78 is 0. The molecule has 94 valence electrons. The van der Waals surface area contributed by atoms with E-state index >= 15 is 0 Å². The van der Waals surface area contributed by atoms with Gasteiger partial charge in [-0.25, -0.2) is 0 Å². The molecule has 0 amide bonds. The average Bonchev–Trinajstić information content (AvgIpc) is 2.14. The topological polar surface area (TPSA) is 55.4 Å². The summed E-state index contributed by atoms with van der Waals surface area (Å²) in [5, 5.41) is 0. The minimum absolute atomic E-state index is 0.113. The van der Waals surface area contributed by atoms with E-state index in [2.05, 4.69) is 12.1 Å². The lowest BCUT2D eigenvalue weighted by Crippen LogP contribution is -2.34. The van der Waals surface area contributed by atoms with Crippen LogP contribution in [0.3, 0.4) is 0 Å². The molecule has 0 radical (unpaired) electrons. The van der Waals surface area contributed by atoms with Crippen LogP contribution in [0.15, 0.2) is 23.9 Å². The second-order valence-electron chi connectivity index (χ2n) is 5.07. The second kappa shape index (κ2) is 5.27. The maximum Gasteiger partial charge on any atom is 0.168 e. The van der Waals surface area contributed by atoms with Crippen molar-refractivity contribution in [2.45, 2.75) is 33.6 Å². The number of hydrogen-bond donors (Lipinski definition) is 1. The SMILES string of the molecule is C=CCONC(C)=C1C(=O)CC(C)(C)CC1=O.